The van der Waals surface area contributed by atoms with E-state index in [0.29, 0.717) is 12.5 Å². The molecule has 1 saturated heterocycles. The fraction of sp³-hybridized carbons (Fsp3) is 0.429. The predicted molar refractivity (Wildman–Crippen MR) is 138 cm³/mol. The van der Waals surface area contributed by atoms with Crippen molar-refractivity contribution >= 4 is 11.6 Å². The van der Waals surface area contributed by atoms with Crippen LogP contribution in [0.25, 0.3) is 0 Å². The maximum Gasteiger partial charge on any atom is 0.416 e. The summed E-state index contributed by atoms with van der Waals surface area (Å²) in [4.78, 5) is 13.9. The second-order valence-electron chi connectivity index (χ2n) is 9.81. The average Bonchev–Trinajstić information content (AvgIpc) is 3.33. The van der Waals surface area contributed by atoms with Gasteiger partial charge in [0, 0.05) is 31.7 Å². The smallest absolute Gasteiger partial charge is 0.416 e. The Bertz CT molecular complexity index is 1190. The minimum atomic E-state index is -4.33. The third-order valence-corrected chi connectivity index (χ3v) is 7.69. The average molecular weight is 512 g/mol. The van der Waals surface area contributed by atoms with Crippen molar-refractivity contribution in [2.75, 3.05) is 43.1 Å². The number of ether oxygens (including phenoxy) is 1. The Labute approximate surface area is 215 Å². The molecule has 0 saturated carbocycles. The Morgan fingerprint density at radius 2 is 1.65 bits per heavy atom. The fourth-order valence-corrected chi connectivity index (χ4v) is 5.65. The van der Waals surface area contributed by atoms with Gasteiger partial charge in [-0.1, -0.05) is 24.3 Å². The first-order valence-electron chi connectivity index (χ1n) is 12.7. The maximum atomic E-state index is 13.0. The van der Waals surface area contributed by atoms with Crippen LogP contribution >= 0.6 is 0 Å². The van der Waals surface area contributed by atoms with Gasteiger partial charge in [-0.2, -0.15) is 13.2 Å². The van der Waals surface area contributed by atoms with Crippen molar-refractivity contribution in [2.45, 2.75) is 37.9 Å². The number of nitrogens with two attached hydrogens (primary N) is 1. The maximum absolute atomic E-state index is 13.0. The van der Waals surface area contributed by atoms with E-state index in [2.05, 4.69) is 31.9 Å². The molecule has 37 heavy (non-hydrogen) atoms. The van der Waals surface area contributed by atoms with Gasteiger partial charge in [0.25, 0.3) is 0 Å². The molecule has 0 amide bonds. The van der Waals surface area contributed by atoms with Gasteiger partial charge in [0.05, 0.1) is 12.7 Å². The molecule has 196 valence electrons. The zero-order chi connectivity index (χ0) is 26.0. The molecule has 0 spiro atoms. The Hall–Kier alpha value is -3.33. The summed E-state index contributed by atoms with van der Waals surface area (Å²) in [6.07, 6.45) is 0.0502. The number of hydrogen-bond donors (Lipinski definition) is 1. The number of fused-ring (bicyclic) bond motifs is 1. The molecule has 1 unspecified atom stereocenters. The molecular weight excluding hydrogens is 479 g/mol. The van der Waals surface area contributed by atoms with Crippen LogP contribution in [0.1, 0.15) is 41.0 Å². The monoisotopic (exact) mass is 511 g/mol. The number of benzene rings is 2. The van der Waals surface area contributed by atoms with E-state index in [1.165, 1.54) is 11.1 Å². The van der Waals surface area contributed by atoms with Gasteiger partial charge >= 0.3 is 6.18 Å². The lowest BCUT2D eigenvalue weighted by atomic mass is 9.80. The Morgan fingerprint density at radius 3 is 2.27 bits per heavy atom. The van der Waals surface area contributed by atoms with Crippen LogP contribution in [-0.2, 0) is 19.1 Å². The zero-order valence-electron chi connectivity index (χ0n) is 20.9. The number of halogens is 3. The van der Waals surface area contributed by atoms with Crippen molar-refractivity contribution in [3.8, 4) is 5.75 Å². The molecule has 2 aromatic carbocycles. The van der Waals surface area contributed by atoms with Gasteiger partial charge in [0.15, 0.2) is 0 Å². The van der Waals surface area contributed by atoms with Crippen LogP contribution in [0, 0.1) is 5.92 Å². The summed E-state index contributed by atoms with van der Waals surface area (Å²) in [5, 5.41) is 0. The summed E-state index contributed by atoms with van der Waals surface area (Å²) in [7, 11) is 1.66. The number of nitrogens with zero attached hydrogens (tertiary/aromatic N) is 4. The van der Waals surface area contributed by atoms with Crippen LogP contribution in [0.5, 0.6) is 5.75 Å². The van der Waals surface area contributed by atoms with Crippen molar-refractivity contribution in [1.29, 1.82) is 0 Å². The quantitative estimate of drug-likeness (QED) is 0.480. The van der Waals surface area contributed by atoms with E-state index in [1.54, 1.807) is 25.6 Å². The molecule has 1 atom stereocenters. The number of alkyl halides is 3. The molecule has 2 aliphatic rings. The highest BCUT2D eigenvalue weighted by Gasteiger charge is 2.33. The van der Waals surface area contributed by atoms with Crippen LogP contribution in [0.3, 0.4) is 0 Å². The lowest BCUT2D eigenvalue weighted by Gasteiger charge is -2.37. The van der Waals surface area contributed by atoms with E-state index < -0.39 is 11.7 Å². The van der Waals surface area contributed by atoms with Crippen LogP contribution in [0.2, 0.25) is 0 Å². The molecule has 2 N–H and O–H groups in total. The zero-order valence-corrected chi connectivity index (χ0v) is 20.9. The summed E-state index contributed by atoms with van der Waals surface area (Å²) in [6.45, 7) is 3.76. The van der Waals surface area contributed by atoms with Crippen LogP contribution < -0.4 is 20.3 Å². The minimum absolute atomic E-state index is 0.0422. The Morgan fingerprint density at radius 1 is 0.973 bits per heavy atom. The number of methoxy groups -OCH3 is 1. The number of rotatable bonds is 7. The van der Waals surface area contributed by atoms with Gasteiger partial charge in [-0.05, 0) is 73.0 Å². The van der Waals surface area contributed by atoms with E-state index >= 15 is 0 Å². The molecule has 1 aromatic heterocycles. The Kier molecular flexibility index (Phi) is 7.24. The van der Waals surface area contributed by atoms with Gasteiger partial charge in [0.1, 0.15) is 23.7 Å². The molecule has 3 aromatic rings. The van der Waals surface area contributed by atoms with Crippen LogP contribution in [0.15, 0.2) is 54.9 Å². The topological polar surface area (TPSA) is 67.5 Å². The minimum Gasteiger partial charge on any atom is -0.497 e. The van der Waals surface area contributed by atoms with Gasteiger partial charge in [0.2, 0.25) is 0 Å². The molecule has 9 heteroatoms. The lowest BCUT2D eigenvalue weighted by molar-refractivity contribution is -0.137. The van der Waals surface area contributed by atoms with Gasteiger partial charge < -0.3 is 20.3 Å². The third kappa shape index (κ3) is 5.37. The van der Waals surface area contributed by atoms with Gasteiger partial charge in [-0.25, -0.2) is 9.97 Å². The summed E-state index contributed by atoms with van der Waals surface area (Å²) in [5.41, 5.74) is 8.75. The highest BCUT2D eigenvalue weighted by molar-refractivity contribution is 5.63. The summed E-state index contributed by atoms with van der Waals surface area (Å²) in [5.74, 6) is 3.20. The molecule has 1 fully saturated rings. The number of piperidine rings is 1. The van der Waals surface area contributed by atoms with E-state index in [9.17, 15) is 13.2 Å². The van der Waals surface area contributed by atoms with E-state index in [1.807, 2.05) is 12.1 Å². The predicted octanol–water partition coefficient (Wildman–Crippen LogP) is 5.03. The summed E-state index contributed by atoms with van der Waals surface area (Å²) >= 11 is 0. The fourth-order valence-electron chi connectivity index (χ4n) is 5.65. The number of aromatic nitrogens is 2. The number of anilines is 2. The second kappa shape index (κ2) is 10.6. The molecule has 0 bridgehead atoms. The number of hydrogen-bond acceptors (Lipinski definition) is 6. The molecule has 0 aliphatic carbocycles. The highest BCUT2D eigenvalue weighted by Crippen LogP contribution is 2.38. The third-order valence-electron chi connectivity index (χ3n) is 7.69. The summed E-state index contributed by atoms with van der Waals surface area (Å²) in [6, 6.07) is 13.6. The van der Waals surface area contributed by atoms with Gasteiger partial charge in [-0.15, -0.1) is 0 Å². The molecular formula is C28H32F3N5O. The van der Waals surface area contributed by atoms with E-state index in [0.717, 1.165) is 80.5 Å². The second-order valence-corrected chi connectivity index (χ2v) is 9.81. The normalized spacial score (nSPS) is 17.1. The molecule has 6 nitrogen and oxygen atoms in total. The Balaban J connectivity index is 1.25. The SMILES string of the molecule is COc1ccc(CN2CCc3c(N4CCC(C(CN)c5ccc(C(F)(F)F)cc5)CC4)ncnc32)cc1. The van der Waals surface area contributed by atoms with Gasteiger partial charge in [-0.3, -0.25) is 0 Å². The van der Waals surface area contributed by atoms with E-state index in [-0.39, 0.29) is 5.92 Å². The van der Waals surface area contributed by atoms with Crippen molar-refractivity contribution in [1.82, 2.24) is 9.97 Å². The first-order chi connectivity index (χ1) is 17.9. The first-order valence-corrected chi connectivity index (χ1v) is 12.7. The van der Waals surface area contributed by atoms with E-state index in [4.69, 9.17) is 10.5 Å². The molecule has 3 heterocycles. The lowest BCUT2D eigenvalue weighted by Crippen LogP contribution is -2.38. The highest BCUT2D eigenvalue weighted by atomic mass is 19.4. The van der Waals surface area contributed by atoms with Crippen LogP contribution in [-0.4, -0.2) is 43.3 Å². The molecule has 0 radical (unpaired) electrons. The molecule has 5 rings (SSSR count). The molecule has 2 aliphatic heterocycles. The van der Waals surface area contributed by atoms with Crippen molar-refractivity contribution in [3.63, 3.8) is 0 Å². The van der Waals surface area contributed by atoms with Crippen molar-refractivity contribution < 1.29 is 17.9 Å². The van der Waals surface area contributed by atoms with Crippen molar-refractivity contribution in [3.05, 3.63) is 77.1 Å². The summed E-state index contributed by atoms with van der Waals surface area (Å²) < 4.78 is 44.2. The largest absolute Gasteiger partial charge is 0.497 e. The standard InChI is InChI=1S/C28H32F3N5O/c1-37-23-8-2-19(3-9-23)17-36-15-12-24-26(33-18-34-27(24)36)35-13-10-21(11-14-35)25(16-32)20-4-6-22(7-5-20)28(29,30)31/h2-9,18,21,25H,10-17,32H2,1H3. The van der Waals surface area contributed by atoms with Crippen molar-refractivity contribution in [2.24, 2.45) is 11.7 Å². The van der Waals surface area contributed by atoms with Crippen LogP contribution in [0.4, 0.5) is 24.8 Å². The first kappa shape index (κ1) is 25.3.